The average Bonchev–Trinajstić information content (AvgIpc) is 3.29. The maximum Gasteiger partial charge on any atom is 0.317 e. The molecule has 2 aliphatic rings. The topological polar surface area (TPSA) is 90.6 Å². The number of aromatic nitrogens is 2. The second kappa shape index (κ2) is 6.04. The molecule has 0 radical (unpaired) electrons. The third-order valence-corrected chi connectivity index (χ3v) is 6.04. The lowest BCUT2D eigenvalue weighted by Gasteiger charge is -2.36. The number of aliphatic hydroxyl groups excluding tert-OH is 2. The molecule has 1 aromatic rings. The number of amides is 2. The molecule has 7 heteroatoms. The number of nitrogens with one attached hydrogen (secondary N) is 1. The first-order chi connectivity index (χ1) is 11.3. The van der Waals surface area contributed by atoms with Gasteiger partial charge in [-0.2, -0.15) is 5.10 Å². The van der Waals surface area contributed by atoms with Crippen molar-refractivity contribution < 1.29 is 15.0 Å². The molecule has 0 bridgehead atoms. The molecule has 0 unspecified atom stereocenters. The lowest BCUT2D eigenvalue weighted by molar-refractivity contribution is 0.00976. The maximum atomic E-state index is 12.6. The van der Waals surface area contributed by atoms with E-state index < -0.39 is 10.8 Å². The zero-order valence-corrected chi connectivity index (χ0v) is 14.7. The summed E-state index contributed by atoms with van der Waals surface area (Å²) in [5.41, 5.74) is 1.30. The summed E-state index contributed by atoms with van der Waals surface area (Å²) in [7, 11) is 1.90. The molecule has 3 N–H and O–H groups in total. The Morgan fingerprint density at radius 3 is 2.38 bits per heavy atom. The number of hydrogen-bond acceptors (Lipinski definition) is 4. The Hall–Kier alpha value is -1.60. The van der Waals surface area contributed by atoms with E-state index in [-0.39, 0.29) is 19.2 Å². The minimum atomic E-state index is -0.495. The molecule has 0 aromatic carbocycles. The predicted octanol–water partition coefficient (Wildman–Crippen LogP) is 0.820. The molecule has 7 nitrogen and oxygen atoms in total. The molecule has 2 atom stereocenters. The van der Waals surface area contributed by atoms with Gasteiger partial charge in [0.25, 0.3) is 0 Å². The van der Waals surface area contributed by atoms with Crippen LogP contribution < -0.4 is 5.32 Å². The van der Waals surface area contributed by atoms with Crippen LogP contribution in [0, 0.1) is 10.8 Å². The average molecular weight is 336 g/mol. The minimum Gasteiger partial charge on any atom is -0.396 e. The van der Waals surface area contributed by atoms with Crippen molar-refractivity contribution >= 4 is 6.03 Å². The number of aryl methyl sites for hydroxylation is 1. The zero-order valence-electron chi connectivity index (χ0n) is 14.7. The number of likely N-dealkylation sites (tertiary alicyclic amines) is 1. The SMILES string of the molecule is Cn1ncc(C2CC2)c1CNC(=O)N1C[C@](C)(CO)[C@](C)(CO)C1. The van der Waals surface area contributed by atoms with Crippen molar-refractivity contribution in [2.45, 2.75) is 39.2 Å². The molecule has 1 saturated carbocycles. The summed E-state index contributed by atoms with van der Waals surface area (Å²) in [6.07, 6.45) is 4.30. The largest absolute Gasteiger partial charge is 0.396 e. The summed E-state index contributed by atoms with van der Waals surface area (Å²) >= 11 is 0. The van der Waals surface area contributed by atoms with Crippen LogP contribution in [-0.2, 0) is 13.6 Å². The van der Waals surface area contributed by atoms with Crippen molar-refractivity contribution in [3.8, 4) is 0 Å². The van der Waals surface area contributed by atoms with Gasteiger partial charge >= 0.3 is 6.03 Å². The van der Waals surface area contributed by atoms with E-state index in [9.17, 15) is 15.0 Å². The van der Waals surface area contributed by atoms with Gasteiger partial charge in [-0.15, -0.1) is 0 Å². The lowest BCUT2D eigenvalue weighted by atomic mass is 9.69. The number of hydrogen-bond donors (Lipinski definition) is 3. The molecule has 1 aliphatic heterocycles. The van der Waals surface area contributed by atoms with Crippen LogP contribution >= 0.6 is 0 Å². The predicted molar refractivity (Wildman–Crippen MR) is 89.4 cm³/mol. The van der Waals surface area contributed by atoms with Crippen molar-refractivity contribution in [3.05, 3.63) is 17.5 Å². The molecule has 3 rings (SSSR count). The van der Waals surface area contributed by atoms with Crippen molar-refractivity contribution in [1.82, 2.24) is 20.0 Å². The van der Waals surface area contributed by atoms with Gasteiger partial charge in [-0.05, 0) is 24.3 Å². The van der Waals surface area contributed by atoms with Gasteiger partial charge in [0.1, 0.15) is 0 Å². The Morgan fingerprint density at radius 1 is 1.29 bits per heavy atom. The van der Waals surface area contributed by atoms with Gasteiger partial charge < -0.3 is 20.4 Å². The van der Waals surface area contributed by atoms with Crippen LogP contribution in [0.1, 0.15) is 43.9 Å². The highest BCUT2D eigenvalue weighted by molar-refractivity contribution is 5.74. The van der Waals surface area contributed by atoms with Crippen molar-refractivity contribution in [2.75, 3.05) is 26.3 Å². The van der Waals surface area contributed by atoms with E-state index in [1.807, 2.05) is 31.8 Å². The third-order valence-electron chi connectivity index (χ3n) is 6.04. The Bertz CT molecular complexity index is 609. The number of aliphatic hydroxyl groups is 2. The molecule has 2 amide bonds. The summed E-state index contributed by atoms with van der Waals surface area (Å²) in [5.74, 6) is 0.591. The first-order valence-electron chi connectivity index (χ1n) is 8.59. The summed E-state index contributed by atoms with van der Waals surface area (Å²) in [5, 5.41) is 26.8. The van der Waals surface area contributed by atoms with Gasteiger partial charge in [0.15, 0.2) is 0 Å². The van der Waals surface area contributed by atoms with Gasteiger partial charge in [-0.25, -0.2) is 4.79 Å². The second-order valence-electron chi connectivity index (χ2n) is 7.90. The second-order valence-corrected chi connectivity index (χ2v) is 7.90. The molecule has 2 heterocycles. The van der Waals surface area contributed by atoms with Crippen LogP contribution in [-0.4, -0.2) is 57.2 Å². The van der Waals surface area contributed by atoms with Crippen LogP contribution in [0.5, 0.6) is 0 Å². The Morgan fingerprint density at radius 2 is 1.88 bits per heavy atom. The van der Waals surface area contributed by atoms with E-state index in [0.29, 0.717) is 25.6 Å². The summed E-state index contributed by atoms with van der Waals surface area (Å²) in [6, 6.07) is -0.158. The molecule has 0 spiro atoms. The minimum absolute atomic E-state index is 0.0542. The number of carbonyl (C=O) groups is 1. The van der Waals surface area contributed by atoms with E-state index in [0.717, 1.165) is 5.69 Å². The Kier molecular flexibility index (Phi) is 4.34. The molecule has 134 valence electrons. The van der Waals surface area contributed by atoms with Crippen LogP contribution in [0.25, 0.3) is 0 Å². The fourth-order valence-electron chi connectivity index (χ4n) is 3.61. The van der Waals surface area contributed by atoms with E-state index in [2.05, 4.69) is 10.4 Å². The van der Waals surface area contributed by atoms with Gasteiger partial charge in [0, 0.05) is 31.0 Å². The molecule has 2 fully saturated rings. The number of urea groups is 1. The highest BCUT2D eigenvalue weighted by Gasteiger charge is 2.52. The Balaban J connectivity index is 1.65. The fourth-order valence-corrected chi connectivity index (χ4v) is 3.61. The maximum absolute atomic E-state index is 12.6. The number of rotatable bonds is 5. The third kappa shape index (κ3) is 2.80. The van der Waals surface area contributed by atoms with Crippen molar-refractivity contribution in [1.29, 1.82) is 0 Å². The first-order valence-corrected chi connectivity index (χ1v) is 8.59. The van der Waals surface area contributed by atoms with Crippen molar-refractivity contribution in [2.24, 2.45) is 17.9 Å². The lowest BCUT2D eigenvalue weighted by Crippen LogP contribution is -2.41. The standard InChI is InChI=1S/C17H28N4O3/c1-16(10-22)8-21(9-17(16,2)11-23)15(24)18-7-14-13(12-4-5-12)6-19-20(14)3/h6,12,22-23H,4-5,7-11H2,1-3H3,(H,18,24)/t16-,17+. The quantitative estimate of drug-likeness (QED) is 0.742. The monoisotopic (exact) mass is 336 g/mol. The molecular formula is C17H28N4O3. The summed E-state index contributed by atoms with van der Waals surface area (Å²) < 4.78 is 1.83. The molecule has 1 saturated heterocycles. The van der Waals surface area contributed by atoms with Gasteiger partial charge in [0.05, 0.1) is 31.6 Å². The molecule has 1 aliphatic carbocycles. The molecule has 24 heavy (non-hydrogen) atoms. The summed E-state index contributed by atoms with van der Waals surface area (Å²) in [4.78, 5) is 14.3. The van der Waals surface area contributed by atoms with Gasteiger partial charge in [0.2, 0.25) is 0 Å². The van der Waals surface area contributed by atoms with Crippen LogP contribution in [0.2, 0.25) is 0 Å². The van der Waals surface area contributed by atoms with Crippen molar-refractivity contribution in [3.63, 3.8) is 0 Å². The van der Waals surface area contributed by atoms with Gasteiger partial charge in [-0.3, -0.25) is 4.68 Å². The fraction of sp³-hybridized carbons (Fsp3) is 0.765. The van der Waals surface area contributed by atoms with E-state index in [1.165, 1.54) is 18.4 Å². The molecule has 1 aromatic heterocycles. The van der Waals surface area contributed by atoms with Gasteiger partial charge in [-0.1, -0.05) is 13.8 Å². The van der Waals surface area contributed by atoms with E-state index in [1.54, 1.807) is 4.90 Å². The zero-order chi connectivity index (χ0) is 17.5. The van der Waals surface area contributed by atoms with E-state index >= 15 is 0 Å². The summed E-state index contributed by atoms with van der Waals surface area (Å²) in [6.45, 7) is 5.05. The Labute approximate surface area is 142 Å². The normalized spacial score (nSPS) is 30.0. The highest BCUT2D eigenvalue weighted by Crippen LogP contribution is 2.45. The molecular weight excluding hydrogens is 308 g/mol. The van der Waals surface area contributed by atoms with Crippen LogP contribution in [0.3, 0.4) is 0 Å². The smallest absolute Gasteiger partial charge is 0.317 e. The van der Waals surface area contributed by atoms with Crippen LogP contribution in [0.4, 0.5) is 4.79 Å². The first kappa shape index (κ1) is 17.2. The number of carbonyl (C=O) groups excluding carboxylic acids is 1. The number of nitrogens with zero attached hydrogens (tertiary/aromatic N) is 3. The highest BCUT2D eigenvalue weighted by atomic mass is 16.3. The van der Waals surface area contributed by atoms with E-state index in [4.69, 9.17) is 0 Å². The van der Waals surface area contributed by atoms with Crippen LogP contribution in [0.15, 0.2) is 6.20 Å².